The summed E-state index contributed by atoms with van der Waals surface area (Å²) in [6, 6.07) is 21.2. The van der Waals surface area contributed by atoms with E-state index in [1.807, 2.05) is 12.1 Å². The molecule has 0 N–H and O–H groups in total. The number of nitrogens with zero attached hydrogens (tertiary/aromatic N) is 4. The fourth-order valence-corrected chi connectivity index (χ4v) is 3.97. The van der Waals surface area contributed by atoms with E-state index in [0.29, 0.717) is 11.8 Å². The Labute approximate surface area is 171 Å². The molecule has 4 nitrogen and oxygen atoms in total. The van der Waals surface area contributed by atoms with E-state index >= 15 is 0 Å². The lowest BCUT2D eigenvalue weighted by Crippen LogP contribution is -2.46. The lowest BCUT2D eigenvalue weighted by molar-refractivity contribution is 0.509. The number of hydrogen-bond donors (Lipinski definition) is 0. The molecule has 1 fully saturated rings. The molecule has 5 rings (SSSR count). The molecule has 0 radical (unpaired) electrons. The predicted octanol–water partition coefficient (Wildman–Crippen LogP) is 5.42. The van der Waals surface area contributed by atoms with Crippen molar-refractivity contribution in [3.63, 3.8) is 0 Å². The van der Waals surface area contributed by atoms with Crippen LogP contribution >= 0.6 is 0 Å². The smallest absolute Gasteiger partial charge is 0.129 e. The SMILES string of the molecule is CC(C)c1ccc(-c2nccnc2C2CN(c3ccc4ccccc4n3)C2)cc1. The average molecular weight is 380 g/mol. The van der Waals surface area contributed by atoms with Gasteiger partial charge in [0.1, 0.15) is 5.82 Å². The molecule has 0 unspecified atom stereocenters. The molecule has 0 atom stereocenters. The van der Waals surface area contributed by atoms with E-state index in [9.17, 15) is 0 Å². The molecule has 2 aromatic carbocycles. The van der Waals surface area contributed by atoms with Gasteiger partial charge >= 0.3 is 0 Å². The van der Waals surface area contributed by atoms with Crippen LogP contribution in [0.3, 0.4) is 0 Å². The standard InChI is InChI=1S/C25H24N4/c1-17(2)18-7-9-20(10-8-18)24-25(27-14-13-26-24)21-15-29(16-21)23-12-11-19-5-3-4-6-22(19)28-23/h3-14,17,21H,15-16H2,1-2H3. The Morgan fingerprint density at radius 2 is 1.62 bits per heavy atom. The Balaban J connectivity index is 1.37. The van der Waals surface area contributed by atoms with Crippen LogP contribution in [0.5, 0.6) is 0 Å². The van der Waals surface area contributed by atoms with E-state index in [1.54, 1.807) is 12.4 Å². The lowest BCUT2D eigenvalue weighted by Gasteiger charge is -2.40. The molecule has 2 aromatic heterocycles. The monoisotopic (exact) mass is 380 g/mol. The molecule has 0 amide bonds. The van der Waals surface area contributed by atoms with Crippen molar-refractivity contribution in [2.75, 3.05) is 18.0 Å². The van der Waals surface area contributed by atoms with Gasteiger partial charge < -0.3 is 4.90 Å². The van der Waals surface area contributed by atoms with Crippen LogP contribution in [-0.2, 0) is 0 Å². The number of aromatic nitrogens is 3. The largest absolute Gasteiger partial charge is 0.355 e. The minimum atomic E-state index is 0.372. The maximum Gasteiger partial charge on any atom is 0.129 e. The second kappa shape index (κ2) is 7.28. The first-order valence-corrected chi connectivity index (χ1v) is 10.2. The van der Waals surface area contributed by atoms with E-state index < -0.39 is 0 Å². The number of pyridine rings is 1. The fourth-order valence-electron chi connectivity index (χ4n) is 3.97. The molecule has 4 heteroatoms. The number of benzene rings is 2. The van der Waals surface area contributed by atoms with E-state index in [1.165, 1.54) is 10.9 Å². The molecule has 0 bridgehead atoms. The van der Waals surface area contributed by atoms with Crippen LogP contribution in [0.2, 0.25) is 0 Å². The second-order valence-corrected chi connectivity index (χ2v) is 8.03. The molecule has 29 heavy (non-hydrogen) atoms. The summed E-state index contributed by atoms with van der Waals surface area (Å²) < 4.78 is 0. The Bertz CT molecular complexity index is 1140. The van der Waals surface area contributed by atoms with Crippen molar-refractivity contribution in [3.8, 4) is 11.3 Å². The Morgan fingerprint density at radius 3 is 2.41 bits per heavy atom. The van der Waals surface area contributed by atoms with Gasteiger partial charge in [0.15, 0.2) is 0 Å². The summed E-state index contributed by atoms with van der Waals surface area (Å²) in [6.45, 7) is 6.27. The van der Waals surface area contributed by atoms with Gasteiger partial charge in [0.25, 0.3) is 0 Å². The van der Waals surface area contributed by atoms with Crippen molar-refractivity contribution in [1.29, 1.82) is 0 Å². The summed E-state index contributed by atoms with van der Waals surface area (Å²) >= 11 is 0. The lowest BCUT2D eigenvalue weighted by atomic mass is 9.91. The van der Waals surface area contributed by atoms with E-state index in [0.717, 1.165) is 41.4 Å². The Hall–Kier alpha value is -3.27. The number of fused-ring (bicyclic) bond motifs is 1. The molecular weight excluding hydrogens is 356 g/mol. The quantitative estimate of drug-likeness (QED) is 0.474. The predicted molar refractivity (Wildman–Crippen MR) is 118 cm³/mol. The van der Waals surface area contributed by atoms with Gasteiger partial charge in [-0.25, -0.2) is 4.98 Å². The van der Waals surface area contributed by atoms with Crippen molar-refractivity contribution < 1.29 is 0 Å². The third-order valence-electron chi connectivity index (χ3n) is 5.75. The van der Waals surface area contributed by atoms with Gasteiger partial charge in [0, 0.05) is 42.4 Å². The van der Waals surface area contributed by atoms with E-state index in [2.05, 4.69) is 72.3 Å². The molecule has 0 spiro atoms. The minimum Gasteiger partial charge on any atom is -0.355 e. The highest BCUT2D eigenvalue weighted by Gasteiger charge is 2.32. The summed E-state index contributed by atoms with van der Waals surface area (Å²) in [4.78, 5) is 16.5. The highest BCUT2D eigenvalue weighted by atomic mass is 15.2. The van der Waals surface area contributed by atoms with Crippen molar-refractivity contribution >= 4 is 16.7 Å². The first-order valence-electron chi connectivity index (χ1n) is 10.2. The highest BCUT2D eigenvalue weighted by molar-refractivity contribution is 5.80. The van der Waals surface area contributed by atoms with Gasteiger partial charge in [-0.1, -0.05) is 56.3 Å². The first kappa shape index (κ1) is 17.8. The van der Waals surface area contributed by atoms with Crippen LogP contribution in [0.4, 0.5) is 5.82 Å². The van der Waals surface area contributed by atoms with Gasteiger partial charge in [0.2, 0.25) is 0 Å². The summed E-state index contributed by atoms with van der Waals surface area (Å²) in [5, 5.41) is 1.18. The molecule has 1 aliphatic heterocycles. The van der Waals surface area contributed by atoms with Crippen molar-refractivity contribution in [2.24, 2.45) is 0 Å². The van der Waals surface area contributed by atoms with Crippen LogP contribution in [0.15, 0.2) is 73.1 Å². The fraction of sp³-hybridized carbons (Fsp3) is 0.240. The molecule has 0 saturated carbocycles. The van der Waals surface area contributed by atoms with Crippen LogP contribution in [-0.4, -0.2) is 28.0 Å². The van der Waals surface area contributed by atoms with Crippen molar-refractivity contribution in [1.82, 2.24) is 15.0 Å². The van der Waals surface area contributed by atoms with Crippen LogP contribution in [0, 0.1) is 0 Å². The van der Waals surface area contributed by atoms with Crippen LogP contribution in [0.1, 0.15) is 36.9 Å². The Kier molecular flexibility index (Phi) is 4.47. The number of anilines is 1. The zero-order valence-electron chi connectivity index (χ0n) is 16.8. The number of hydrogen-bond acceptors (Lipinski definition) is 4. The minimum absolute atomic E-state index is 0.372. The molecule has 0 aliphatic carbocycles. The summed E-state index contributed by atoms with van der Waals surface area (Å²) in [5.74, 6) is 1.93. The zero-order chi connectivity index (χ0) is 19.8. The van der Waals surface area contributed by atoms with Crippen molar-refractivity contribution in [2.45, 2.75) is 25.7 Å². The number of para-hydroxylation sites is 1. The molecule has 3 heterocycles. The topological polar surface area (TPSA) is 41.9 Å². The molecule has 1 aliphatic rings. The van der Waals surface area contributed by atoms with E-state index in [-0.39, 0.29) is 0 Å². The van der Waals surface area contributed by atoms with Gasteiger partial charge in [-0.2, -0.15) is 0 Å². The molecule has 4 aromatic rings. The summed E-state index contributed by atoms with van der Waals surface area (Å²) in [6.07, 6.45) is 3.59. The zero-order valence-corrected chi connectivity index (χ0v) is 16.8. The first-order chi connectivity index (χ1) is 14.2. The molecule has 1 saturated heterocycles. The maximum atomic E-state index is 4.82. The van der Waals surface area contributed by atoms with Gasteiger partial charge in [-0.05, 0) is 29.7 Å². The third-order valence-corrected chi connectivity index (χ3v) is 5.75. The van der Waals surface area contributed by atoms with Crippen LogP contribution in [0.25, 0.3) is 22.2 Å². The normalized spacial score (nSPS) is 14.4. The maximum absolute atomic E-state index is 4.82. The number of rotatable bonds is 4. The third kappa shape index (κ3) is 3.35. The molecular formula is C25H24N4. The van der Waals surface area contributed by atoms with Gasteiger partial charge in [-0.15, -0.1) is 0 Å². The second-order valence-electron chi connectivity index (χ2n) is 8.03. The average Bonchev–Trinajstić information content (AvgIpc) is 2.73. The summed E-state index contributed by atoms with van der Waals surface area (Å²) in [5.41, 5.74) is 5.61. The Morgan fingerprint density at radius 1 is 0.862 bits per heavy atom. The van der Waals surface area contributed by atoms with Crippen LogP contribution < -0.4 is 4.90 Å². The van der Waals surface area contributed by atoms with Gasteiger partial charge in [0.05, 0.1) is 16.9 Å². The van der Waals surface area contributed by atoms with Gasteiger partial charge in [-0.3, -0.25) is 9.97 Å². The highest BCUT2D eigenvalue weighted by Crippen LogP contribution is 2.35. The summed E-state index contributed by atoms with van der Waals surface area (Å²) in [7, 11) is 0. The van der Waals surface area contributed by atoms with Crippen molar-refractivity contribution in [3.05, 3.63) is 84.3 Å². The van der Waals surface area contributed by atoms with E-state index in [4.69, 9.17) is 9.97 Å². The molecule has 144 valence electrons.